The summed E-state index contributed by atoms with van der Waals surface area (Å²) in [6, 6.07) is 15.2. The van der Waals surface area contributed by atoms with Gasteiger partial charge in [0, 0.05) is 17.8 Å². The Hall–Kier alpha value is -2.51. The molecule has 0 fully saturated rings. The van der Waals surface area contributed by atoms with Gasteiger partial charge in [-0.05, 0) is 49.2 Å². The number of aromatic nitrogens is 3. The van der Waals surface area contributed by atoms with Crippen molar-refractivity contribution >= 4 is 29.3 Å². The number of hydrogen-bond donors (Lipinski definition) is 1. The fraction of sp³-hybridized carbons (Fsp3) is 0.318. The van der Waals surface area contributed by atoms with E-state index in [-0.39, 0.29) is 11.7 Å². The number of nitrogens with one attached hydrogen (secondary N) is 1. The molecule has 0 saturated carbocycles. The lowest BCUT2D eigenvalue weighted by Crippen LogP contribution is -2.28. The molecule has 3 rings (SSSR count). The average molecular weight is 445 g/mol. The van der Waals surface area contributed by atoms with E-state index in [9.17, 15) is 4.79 Å². The molecule has 1 aromatic heterocycles. The highest BCUT2D eigenvalue weighted by molar-refractivity contribution is 7.99. The molecule has 3 aromatic rings. The fourth-order valence-corrected chi connectivity index (χ4v) is 3.77. The number of rotatable bonds is 9. The minimum absolute atomic E-state index is 0.0331. The summed E-state index contributed by atoms with van der Waals surface area (Å²) in [6.07, 6.45) is 0. The van der Waals surface area contributed by atoms with Gasteiger partial charge in [0.2, 0.25) is 5.91 Å². The topological polar surface area (TPSA) is 69.0 Å². The van der Waals surface area contributed by atoms with Crippen LogP contribution in [-0.4, -0.2) is 39.6 Å². The van der Waals surface area contributed by atoms with Crippen LogP contribution < -0.4 is 10.1 Å². The van der Waals surface area contributed by atoms with E-state index in [1.807, 2.05) is 60.0 Å². The van der Waals surface area contributed by atoms with Gasteiger partial charge in [-0.25, -0.2) is 0 Å². The van der Waals surface area contributed by atoms with Gasteiger partial charge in [-0.15, -0.1) is 10.2 Å². The van der Waals surface area contributed by atoms with Crippen LogP contribution in [0.5, 0.6) is 5.75 Å². The van der Waals surface area contributed by atoms with Crippen LogP contribution in [0.1, 0.15) is 20.8 Å². The van der Waals surface area contributed by atoms with Crippen LogP contribution in [-0.2, 0) is 4.79 Å². The average Bonchev–Trinajstić information content (AvgIpc) is 3.15. The maximum absolute atomic E-state index is 12.2. The molecule has 0 unspecified atom stereocenters. The Labute approximate surface area is 186 Å². The zero-order valence-electron chi connectivity index (χ0n) is 17.3. The van der Waals surface area contributed by atoms with Gasteiger partial charge in [0.1, 0.15) is 5.75 Å². The molecule has 1 N–H and O–H groups in total. The van der Waals surface area contributed by atoms with Crippen LogP contribution >= 0.6 is 23.4 Å². The van der Waals surface area contributed by atoms with Gasteiger partial charge in [0.25, 0.3) is 0 Å². The molecule has 0 atom stereocenters. The minimum atomic E-state index is -0.0331. The second-order valence-electron chi connectivity index (χ2n) is 7.03. The molecule has 0 aliphatic heterocycles. The molecule has 158 valence electrons. The van der Waals surface area contributed by atoms with E-state index in [0.717, 1.165) is 17.0 Å². The normalized spacial score (nSPS) is 11.0. The summed E-state index contributed by atoms with van der Waals surface area (Å²) in [7, 11) is 0. The summed E-state index contributed by atoms with van der Waals surface area (Å²) in [5, 5.41) is 12.9. The van der Waals surface area contributed by atoms with Gasteiger partial charge in [0.15, 0.2) is 11.0 Å². The van der Waals surface area contributed by atoms with E-state index in [4.69, 9.17) is 16.3 Å². The summed E-state index contributed by atoms with van der Waals surface area (Å²) in [4.78, 5) is 12.2. The van der Waals surface area contributed by atoms with Crippen molar-refractivity contribution in [3.05, 3.63) is 53.6 Å². The van der Waals surface area contributed by atoms with Crippen molar-refractivity contribution in [2.45, 2.75) is 25.9 Å². The van der Waals surface area contributed by atoms with Crippen molar-refractivity contribution in [2.24, 2.45) is 5.92 Å². The number of thioether (sulfide) groups is 1. The predicted molar refractivity (Wildman–Crippen MR) is 122 cm³/mol. The summed E-state index contributed by atoms with van der Waals surface area (Å²) in [5.41, 5.74) is 1.64. The molecular formula is C22H25ClN4O2S. The highest BCUT2D eigenvalue weighted by Gasteiger charge is 2.19. The van der Waals surface area contributed by atoms with Crippen molar-refractivity contribution in [3.63, 3.8) is 0 Å². The zero-order chi connectivity index (χ0) is 21.5. The first-order valence-electron chi connectivity index (χ1n) is 9.82. The van der Waals surface area contributed by atoms with Crippen LogP contribution in [0.25, 0.3) is 17.1 Å². The van der Waals surface area contributed by atoms with E-state index in [2.05, 4.69) is 29.4 Å². The molecule has 0 aliphatic rings. The number of benzene rings is 2. The van der Waals surface area contributed by atoms with Crippen LogP contribution in [0.2, 0.25) is 5.02 Å². The first-order valence-corrected chi connectivity index (χ1v) is 11.2. The Kier molecular flexibility index (Phi) is 7.76. The Morgan fingerprint density at radius 2 is 1.90 bits per heavy atom. The van der Waals surface area contributed by atoms with E-state index in [1.54, 1.807) is 0 Å². The Bertz CT molecular complexity index is 989. The number of halogens is 1. The van der Waals surface area contributed by atoms with E-state index < -0.39 is 0 Å². The number of ether oxygens (including phenoxy) is 1. The molecular weight excluding hydrogens is 420 g/mol. The quantitative estimate of drug-likeness (QED) is 0.478. The van der Waals surface area contributed by atoms with Gasteiger partial charge in [-0.2, -0.15) is 0 Å². The first-order chi connectivity index (χ1) is 14.5. The molecule has 0 radical (unpaired) electrons. The lowest BCUT2D eigenvalue weighted by atomic mass is 10.2. The summed E-state index contributed by atoms with van der Waals surface area (Å²) < 4.78 is 7.46. The molecule has 0 aliphatic carbocycles. The number of hydrogen-bond acceptors (Lipinski definition) is 5. The number of carbonyl (C=O) groups excluding carboxylic acids is 1. The van der Waals surface area contributed by atoms with E-state index in [0.29, 0.717) is 35.1 Å². The summed E-state index contributed by atoms with van der Waals surface area (Å²) >= 11 is 7.76. The van der Waals surface area contributed by atoms with Crippen LogP contribution in [0.3, 0.4) is 0 Å². The molecule has 0 bridgehead atoms. The number of amides is 1. The molecule has 30 heavy (non-hydrogen) atoms. The van der Waals surface area contributed by atoms with Crippen molar-refractivity contribution in [1.82, 2.24) is 20.1 Å². The van der Waals surface area contributed by atoms with Crippen molar-refractivity contribution in [2.75, 3.05) is 18.9 Å². The molecule has 2 aromatic carbocycles. The van der Waals surface area contributed by atoms with Gasteiger partial charge >= 0.3 is 0 Å². The molecule has 8 heteroatoms. The summed E-state index contributed by atoms with van der Waals surface area (Å²) in [5.74, 6) is 2.03. The highest BCUT2D eigenvalue weighted by atomic mass is 35.5. The second kappa shape index (κ2) is 10.5. The number of nitrogens with zero attached hydrogens (tertiary/aromatic N) is 3. The highest BCUT2D eigenvalue weighted by Crippen LogP contribution is 2.32. The van der Waals surface area contributed by atoms with Crippen LogP contribution in [0.4, 0.5) is 0 Å². The predicted octanol–water partition coefficient (Wildman–Crippen LogP) is 4.85. The SMILES string of the molecule is CCOc1ccc(-n2c(SCC(=O)NCC(C)C)nnc2-c2ccccc2Cl)cc1. The smallest absolute Gasteiger partial charge is 0.230 e. The molecule has 0 spiro atoms. The Balaban J connectivity index is 1.93. The van der Waals surface area contributed by atoms with Gasteiger partial charge in [0.05, 0.1) is 17.4 Å². The molecule has 0 saturated heterocycles. The van der Waals surface area contributed by atoms with Gasteiger partial charge < -0.3 is 10.1 Å². The third kappa shape index (κ3) is 5.55. The Morgan fingerprint density at radius 1 is 1.17 bits per heavy atom. The fourth-order valence-electron chi connectivity index (χ4n) is 2.77. The van der Waals surface area contributed by atoms with Crippen molar-refractivity contribution in [1.29, 1.82) is 0 Å². The lowest BCUT2D eigenvalue weighted by molar-refractivity contribution is -0.118. The minimum Gasteiger partial charge on any atom is -0.494 e. The first kappa shape index (κ1) is 22.2. The number of carbonyl (C=O) groups is 1. The van der Waals surface area contributed by atoms with E-state index >= 15 is 0 Å². The van der Waals surface area contributed by atoms with Gasteiger partial charge in [-0.3, -0.25) is 9.36 Å². The standard InChI is InChI=1S/C22H25ClN4O2S/c1-4-29-17-11-9-16(10-12-17)27-21(18-7-5-6-8-19(18)23)25-26-22(27)30-14-20(28)24-13-15(2)3/h5-12,15H,4,13-14H2,1-3H3,(H,24,28). The molecule has 1 amide bonds. The van der Waals surface area contributed by atoms with Crippen molar-refractivity contribution < 1.29 is 9.53 Å². The zero-order valence-corrected chi connectivity index (χ0v) is 18.8. The maximum atomic E-state index is 12.2. The maximum Gasteiger partial charge on any atom is 0.230 e. The largest absolute Gasteiger partial charge is 0.494 e. The van der Waals surface area contributed by atoms with Gasteiger partial charge in [-0.1, -0.05) is 49.3 Å². The molecule has 1 heterocycles. The summed E-state index contributed by atoms with van der Waals surface area (Å²) in [6.45, 7) is 7.32. The monoisotopic (exact) mass is 444 g/mol. The Morgan fingerprint density at radius 3 is 2.57 bits per heavy atom. The second-order valence-corrected chi connectivity index (χ2v) is 8.38. The van der Waals surface area contributed by atoms with Crippen molar-refractivity contribution in [3.8, 4) is 22.8 Å². The van der Waals surface area contributed by atoms with E-state index in [1.165, 1.54) is 11.8 Å². The molecule has 6 nitrogen and oxygen atoms in total. The third-order valence-electron chi connectivity index (χ3n) is 4.19. The van der Waals surface area contributed by atoms with Crippen LogP contribution in [0, 0.1) is 5.92 Å². The third-order valence-corrected chi connectivity index (χ3v) is 5.45. The lowest BCUT2D eigenvalue weighted by Gasteiger charge is -2.12. The van der Waals surface area contributed by atoms with Crippen LogP contribution in [0.15, 0.2) is 53.7 Å².